The molecule has 0 unspecified atom stereocenters. The molecule has 0 amide bonds. The molecule has 6 aromatic rings. The van der Waals surface area contributed by atoms with Gasteiger partial charge in [-0.15, -0.1) is 0 Å². The number of fused-ring (bicyclic) bond motifs is 2. The van der Waals surface area contributed by atoms with Gasteiger partial charge in [0.25, 0.3) is 0 Å². The Morgan fingerprint density at radius 1 is 0.788 bits per heavy atom. The summed E-state index contributed by atoms with van der Waals surface area (Å²) in [7, 11) is 0. The van der Waals surface area contributed by atoms with E-state index in [2.05, 4.69) is 51.4 Å². The van der Waals surface area contributed by atoms with Crippen LogP contribution in [0.2, 0.25) is 0 Å². The molecule has 0 atom stereocenters. The van der Waals surface area contributed by atoms with Crippen molar-refractivity contribution in [1.82, 2.24) is 20.2 Å². The fourth-order valence-electron chi connectivity index (χ4n) is 4.58. The molecule has 0 radical (unpaired) electrons. The lowest BCUT2D eigenvalue weighted by Crippen LogP contribution is -1.85. The van der Waals surface area contributed by atoms with Crippen molar-refractivity contribution in [2.45, 2.75) is 13.8 Å². The zero-order valence-electron chi connectivity index (χ0n) is 18.3. The van der Waals surface area contributed by atoms with Gasteiger partial charge in [-0.05, 0) is 84.1 Å². The molecule has 3 heterocycles. The smallest absolute Gasteiger partial charge is 0.124 e. The molecular formula is C28H21FN4. The Balaban J connectivity index is 1.52. The van der Waals surface area contributed by atoms with Crippen molar-refractivity contribution >= 4 is 21.8 Å². The van der Waals surface area contributed by atoms with Crippen LogP contribution in [0.15, 0.2) is 79.1 Å². The summed E-state index contributed by atoms with van der Waals surface area (Å²) >= 11 is 0. The maximum atomic E-state index is 14.1. The lowest BCUT2D eigenvalue weighted by molar-refractivity contribution is 0.627. The van der Waals surface area contributed by atoms with E-state index < -0.39 is 0 Å². The molecule has 3 aromatic heterocycles. The zero-order chi connectivity index (χ0) is 22.5. The fraction of sp³-hybridized carbons (Fsp3) is 0.0714. The Hall–Kier alpha value is -4.25. The molecule has 2 N–H and O–H groups in total. The average molecular weight is 433 g/mol. The Kier molecular flexibility index (Phi) is 4.37. The van der Waals surface area contributed by atoms with E-state index in [1.165, 1.54) is 5.56 Å². The van der Waals surface area contributed by atoms with Crippen LogP contribution in [0, 0.1) is 19.7 Å². The number of benzene rings is 3. The summed E-state index contributed by atoms with van der Waals surface area (Å²) in [6.45, 7) is 4.00. The molecule has 0 aliphatic heterocycles. The third-order valence-electron chi connectivity index (χ3n) is 6.19. The van der Waals surface area contributed by atoms with E-state index in [0.29, 0.717) is 0 Å². The lowest BCUT2D eigenvalue weighted by atomic mass is 9.99. The number of hydrogen-bond acceptors (Lipinski definition) is 2. The summed E-state index contributed by atoms with van der Waals surface area (Å²) in [6, 6.07) is 21.6. The van der Waals surface area contributed by atoms with Crippen molar-refractivity contribution in [1.29, 1.82) is 0 Å². The Bertz CT molecular complexity index is 1640. The van der Waals surface area contributed by atoms with Gasteiger partial charge in [-0.2, -0.15) is 5.10 Å². The highest BCUT2D eigenvalue weighted by Gasteiger charge is 2.15. The highest BCUT2D eigenvalue weighted by atomic mass is 19.1. The second kappa shape index (κ2) is 7.41. The van der Waals surface area contributed by atoms with Crippen LogP contribution in [0.1, 0.15) is 11.1 Å². The van der Waals surface area contributed by atoms with E-state index in [0.717, 1.165) is 61.0 Å². The minimum atomic E-state index is -0.228. The van der Waals surface area contributed by atoms with Crippen LogP contribution in [0.4, 0.5) is 4.39 Å². The number of aryl methyl sites for hydroxylation is 2. The molecule has 3 aromatic carbocycles. The number of rotatable bonds is 3. The summed E-state index contributed by atoms with van der Waals surface area (Å²) < 4.78 is 14.1. The van der Waals surface area contributed by atoms with Crippen LogP contribution < -0.4 is 0 Å². The minimum absolute atomic E-state index is 0.228. The Labute approximate surface area is 190 Å². The SMILES string of the molecule is Cc1cc(F)cc(-c2cccc3[nH]c(-c4n[nH]c5ccc(-c6cnccc6C)cc45)cc23)c1. The maximum absolute atomic E-state index is 14.1. The van der Waals surface area contributed by atoms with E-state index >= 15 is 0 Å². The number of aromatic nitrogens is 4. The normalized spacial score (nSPS) is 11.5. The number of pyridine rings is 1. The quantitative estimate of drug-likeness (QED) is 0.311. The first-order valence-corrected chi connectivity index (χ1v) is 10.9. The highest BCUT2D eigenvalue weighted by Crippen LogP contribution is 2.36. The topological polar surface area (TPSA) is 57.4 Å². The van der Waals surface area contributed by atoms with Crippen LogP contribution >= 0.6 is 0 Å². The minimum Gasteiger partial charge on any atom is -0.353 e. The highest BCUT2D eigenvalue weighted by molar-refractivity contribution is 6.02. The summed E-state index contributed by atoms with van der Waals surface area (Å²) in [5.74, 6) is -0.228. The average Bonchev–Trinajstić information content (AvgIpc) is 3.42. The monoisotopic (exact) mass is 432 g/mol. The van der Waals surface area contributed by atoms with Gasteiger partial charge in [0.05, 0.1) is 11.2 Å². The molecule has 5 heteroatoms. The standard InChI is InChI=1S/C28H21FN4/c1-16-10-19(12-20(29)11-16)21-4-3-5-25-22(21)14-27(31-25)28-23-13-18(6-7-26(23)32-33-28)24-15-30-9-8-17(24)2/h3-15,31H,1-2H3,(H,32,33). The number of hydrogen-bond donors (Lipinski definition) is 2. The largest absolute Gasteiger partial charge is 0.353 e. The van der Waals surface area contributed by atoms with Crippen molar-refractivity contribution in [3.05, 3.63) is 96.1 Å². The van der Waals surface area contributed by atoms with E-state index in [-0.39, 0.29) is 5.82 Å². The van der Waals surface area contributed by atoms with Gasteiger partial charge in [-0.25, -0.2) is 4.39 Å². The number of nitrogens with one attached hydrogen (secondary N) is 2. The second-order valence-corrected chi connectivity index (χ2v) is 8.49. The molecular weight excluding hydrogens is 411 g/mol. The predicted molar refractivity (Wildman–Crippen MR) is 131 cm³/mol. The third-order valence-corrected chi connectivity index (χ3v) is 6.19. The van der Waals surface area contributed by atoms with Crippen LogP contribution in [0.25, 0.3) is 55.4 Å². The molecule has 0 aliphatic rings. The predicted octanol–water partition coefficient (Wildman–Crippen LogP) is 7.20. The number of H-pyrrole nitrogens is 2. The molecule has 160 valence electrons. The molecule has 0 saturated carbocycles. The van der Waals surface area contributed by atoms with Gasteiger partial charge in [-0.1, -0.05) is 24.3 Å². The lowest BCUT2D eigenvalue weighted by Gasteiger charge is -2.05. The number of aromatic amines is 2. The van der Waals surface area contributed by atoms with E-state index in [1.807, 2.05) is 49.6 Å². The van der Waals surface area contributed by atoms with Crippen LogP contribution in [0.5, 0.6) is 0 Å². The summed E-state index contributed by atoms with van der Waals surface area (Å²) in [5.41, 5.74) is 9.85. The summed E-state index contributed by atoms with van der Waals surface area (Å²) in [6.07, 6.45) is 3.70. The zero-order valence-corrected chi connectivity index (χ0v) is 18.3. The maximum Gasteiger partial charge on any atom is 0.124 e. The van der Waals surface area contributed by atoms with Gasteiger partial charge in [0.15, 0.2) is 0 Å². The van der Waals surface area contributed by atoms with Gasteiger partial charge in [0, 0.05) is 34.2 Å². The van der Waals surface area contributed by atoms with Crippen molar-refractivity contribution in [3.8, 4) is 33.6 Å². The van der Waals surface area contributed by atoms with Crippen molar-refractivity contribution in [2.75, 3.05) is 0 Å². The van der Waals surface area contributed by atoms with E-state index in [4.69, 9.17) is 0 Å². The Morgan fingerprint density at radius 2 is 1.70 bits per heavy atom. The van der Waals surface area contributed by atoms with Gasteiger partial charge >= 0.3 is 0 Å². The van der Waals surface area contributed by atoms with Crippen LogP contribution in [-0.4, -0.2) is 20.2 Å². The fourth-order valence-corrected chi connectivity index (χ4v) is 4.58. The second-order valence-electron chi connectivity index (χ2n) is 8.49. The molecule has 33 heavy (non-hydrogen) atoms. The van der Waals surface area contributed by atoms with Gasteiger partial charge in [0.2, 0.25) is 0 Å². The van der Waals surface area contributed by atoms with Gasteiger partial charge < -0.3 is 4.98 Å². The van der Waals surface area contributed by atoms with Crippen molar-refractivity contribution in [2.24, 2.45) is 0 Å². The summed E-state index contributed by atoms with van der Waals surface area (Å²) in [5, 5.41) is 9.84. The third kappa shape index (κ3) is 3.29. The molecule has 6 rings (SSSR count). The van der Waals surface area contributed by atoms with Gasteiger partial charge in [-0.3, -0.25) is 10.1 Å². The van der Waals surface area contributed by atoms with Crippen molar-refractivity contribution < 1.29 is 4.39 Å². The molecule has 0 fully saturated rings. The molecule has 0 aliphatic carbocycles. The number of nitrogens with zero attached hydrogens (tertiary/aromatic N) is 2. The summed E-state index contributed by atoms with van der Waals surface area (Å²) in [4.78, 5) is 7.81. The molecule has 0 bridgehead atoms. The first-order chi connectivity index (χ1) is 16.1. The van der Waals surface area contributed by atoms with Crippen LogP contribution in [0.3, 0.4) is 0 Å². The number of halogens is 1. The van der Waals surface area contributed by atoms with Gasteiger partial charge in [0.1, 0.15) is 11.5 Å². The Morgan fingerprint density at radius 3 is 2.55 bits per heavy atom. The van der Waals surface area contributed by atoms with E-state index in [1.54, 1.807) is 12.1 Å². The first-order valence-electron chi connectivity index (χ1n) is 10.9. The molecule has 0 saturated heterocycles. The van der Waals surface area contributed by atoms with Crippen LogP contribution in [-0.2, 0) is 0 Å². The first kappa shape index (κ1) is 19.4. The van der Waals surface area contributed by atoms with E-state index in [9.17, 15) is 4.39 Å². The molecule has 0 spiro atoms. The van der Waals surface area contributed by atoms with Crippen molar-refractivity contribution in [3.63, 3.8) is 0 Å². The molecule has 4 nitrogen and oxygen atoms in total.